The molecule has 1 saturated heterocycles. The lowest BCUT2D eigenvalue weighted by Gasteiger charge is -2.52. The minimum Gasteiger partial charge on any atom is -0.493 e. The molecule has 0 radical (unpaired) electrons. The monoisotopic (exact) mass is 447 g/mol. The topological polar surface area (TPSA) is 78.1 Å². The van der Waals surface area contributed by atoms with Crippen molar-refractivity contribution in [2.45, 2.75) is 32.4 Å². The predicted molar refractivity (Wildman–Crippen MR) is 106 cm³/mol. The number of hydrogen-bond donors (Lipinski definition) is 2. The van der Waals surface area contributed by atoms with Crippen LogP contribution in [-0.4, -0.2) is 38.9 Å². The largest absolute Gasteiger partial charge is 0.493 e. The normalized spacial score (nSPS) is 27.5. The Labute approximate surface area is 160 Å². The first kappa shape index (κ1) is 19.1. The summed E-state index contributed by atoms with van der Waals surface area (Å²) in [4.78, 5) is 4.70. The number of nitrogens with one attached hydrogen (secondary N) is 1. The van der Waals surface area contributed by atoms with Gasteiger partial charge in [-0.25, -0.2) is 4.99 Å². The first-order valence-corrected chi connectivity index (χ1v) is 7.91. The van der Waals surface area contributed by atoms with Crippen molar-refractivity contribution in [3.05, 3.63) is 18.2 Å². The van der Waals surface area contributed by atoms with Crippen LogP contribution in [0.2, 0.25) is 0 Å². The molecule has 7 heteroatoms. The van der Waals surface area contributed by atoms with Gasteiger partial charge >= 0.3 is 0 Å². The van der Waals surface area contributed by atoms with Crippen LogP contribution in [0.4, 0.5) is 5.69 Å². The highest BCUT2D eigenvalue weighted by atomic mass is 127. The Morgan fingerprint density at radius 1 is 1.29 bits per heavy atom. The van der Waals surface area contributed by atoms with Gasteiger partial charge in [0.25, 0.3) is 0 Å². The first-order valence-electron chi connectivity index (χ1n) is 7.91. The predicted octanol–water partition coefficient (Wildman–Crippen LogP) is 2.86. The number of hydrogen-bond acceptors (Lipinski definition) is 4. The second-order valence-corrected chi connectivity index (χ2v) is 6.72. The van der Waals surface area contributed by atoms with E-state index in [-0.39, 0.29) is 35.4 Å². The maximum atomic E-state index is 6.11. The molecule has 1 heterocycles. The van der Waals surface area contributed by atoms with Crippen molar-refractivity contribution in [2.75, 3.05) is 26.1 Å². The van der Waals surface area contributed by atoms with Crippen molar-refractivity contribution >= 4 is 35.6 Å². The van der Waals surface area contributed by atoms with Crippen LogP contribution in [0, 0.1) is 11.3 Å². The van der Waals surface area contributed by atoms with Crippen LogP contribution >= 0.6 is 24.0 Å². The van der Waals surface area contributed by atoms with E-state index in [1.807, 2.05) is 18.2 Å². The number of nitrogens with zero attached hydrogens (tertiary/aromatic N) is 1. The van der Waals surface area contributed by atoms with Gasteiger partial charge in [-0.1, -0.05) is 13.8 Å². The molecule has 2 aliphatic rings. The molecule has 0 bridgehead atoms. The molecule has 3 N–H and O–H groups in total. The second-order valence-electron chi connectivity index (χ2n) is 6.72. The number of benzene rings is 1. The molecule has 3 unspecified atom stereocenters. The molecule has 6 nitrogen and oxygen atoms in total. The lowest BCUT2D eigenvalue weighted by molar-refractivity contribution is -0.0985. The van der Waals surface area contributed by atoms with Gasteiger partial charge in [-0.15, -0.1) is 24.0 Å². The van der Waals surface area contributed by atoms with Crippen molar-refractivity contribution in [1.82, 2.24) is 0 Å². The second kappa shape index (κ2) is 7.35. The summed E-state index contributed by atoms with van der Waals surface area (Å²) in [6.45, 7) is 5.21. The van der Waals surface area contributed by atoms with Gasteiger partial charge in [0.2, 0.25) is 0 Å². The van der Waals surface area contributed by atoms with E-state index < -0.39 is 0 Å². The molecule has 0 spiro atoms. The Kier molecular flexibility index (Phi) is 5.85. The van der Waals surface area contributed by atoms with E-state index in [1.165, 1.54) is 0 Å². The molecule has 1 aliphatic carbocycles. The quantitative estimate of drug-likeness (QED) is 0.422. The molecule has 0 amide bonds. The summed E-state index contributed by atoms with van der Waals surface area (Å²) in [5, 5.41) is 3.14. The van der Waals surface area contributed by atoms with Crippen LogP contribution in [0.15, 0.2) is 23.2 Å². The summed E-state index contributed by atoms with van der Waals surface area (Å²) in [6, 6.07) is 5.76. The van der Waals surface area contributed by atoms with Gasteiger partial charge in [-0.2, -0.15) is 0 Å². The highest BCUT2D eigenvalue weighted by Crippen LogP contribution is 2.53. The van der Waals surface area contributed by atoms with Crippen molar-refractivity contribution in [3.63, 3.8) is 0 Å². The van der Waals surface area contributed by atoms with E-state index in [2.05, 4.69) is 19.2 Å². The highest BCUT2D eigenvalue weighted by Gasteiger charge is 2.59. The van der Waals surface area contributed by atoms with Crippen LogP contribution in [-0.2, 0) is 4.74 Å². The first-order chi connectivity index (χ1) is 11.0. The van der Waals surface area contributed by atoms with E-state index in [0.29, 0.717) is 29.5 Å². The van der Waals surface area contributed by atoms with Crippen LogP contribution < -0.4 is 20.5 Å². The van der Waals surface area contributed by atoms with E-state index in [9.17, 15) is 0 Å². The van der Waals surface area contributed by atoms with E-state index in [0.717, 1.165) is 18.7 Å². The molecule has 2 fully saturated rings. The van der Waals surface area contributed by atoms with Crippen molar-refractivity contribution in [3.8, 4) is 11.5 Å². The molecule has 1 aliphatic heterocycles. The molecule has 3 rings (SSSR count). The van der Waals surface area contributed by atoms with E-state index in [4.69, 9.17) is 24.9 Å². The number of rotatable bonds is 4. The van der Waals surface area contributed by atoms with Gasteiger partial charge in [0, 0.05) is 29.7 Å². The van der Waals surface area contributed by atoms with Crippen molar-refractivity contribution in [2.24, 2.45) is 22.1 Å². The Bertz CT molecular complexity index is 621. The Hall–Kier alpha value is -1.22. The molecule has 24 heavy (non-hydrogen) atoms. The summed E-state index contributed by atoms with van der Waals surface area (Å²) in [6.07, 6.45) is 1.37. The summed E-state index contributed by atoms with van der Waals surface area (Å²) < 4.78 is 16.3. The summed E-state index contributed by atoms with van der Waals surface area (Å²) in [5.74, 6) is 2.23. The van der Waals surface area contributed by atoms with Gasteiger partial charge in [0.15, 0.2) is 17.5 Å². The van der Waals surface area contributed by atoms with E-state index >= 15 is 0 Å². The number of aliphatic imine (C=N–C) groups is 1. The third-order valence-corrected chi connectivity index (χ3v) is 4.97. The summed E-state index contributed by atoms with van der Waals surface area (Å²) >= 11 is 0. The summed E-state index contributed by atoms with van der Waals surface area (Å²) in [5.41, 5.74) is 6.96. The third kappa shape index (κ3) is 3.28. The molecule has 1 aromatic rings. The number of ether oxygens (including phenoxy) is 3. The molecular weight excluding hydrogens is 421 g/mol. The maximum absolute atomic E-state index is 6.11. The molecular formula is C17H26IN3O3. The van der Waals surface area contributed by atoms with Gasteiger partial charge in [-0.3, -0.25) is 0 Å². The Balaban J connectivity index is 0.00000208. The Morgan fingerprint density at radius 3 is 2.67 bits per heavy atom. The van der Waals surface area contributed by atoms with Crippen LogP contribution in [0.25, 0.3) is 0 Å². The summed E-state index contributed by atoms with van der Waals surface area (Å²) in [7, 11) is 3.22. The van der Waals surface area contributed by atoms with Crippen molar-refractivity contribution < 1.29 is 14.2 Å². The fourth-order valence-electron chi connectivity index (χ4n) is 3.80. The fraction of sp³-hybridized carbons (Fsp3) is 0.588. The molecule has 134 valence electrons. The molecule has 3 atom stereocenters. The zero-order chi connectivity index (χ0) is 16.6. The smallest absolute Gasteiger partial charge is 0.193 e. The van der Waals surface area contributed by atoms with Gasteiger partial charge in [-0.05, 0) is 18.6 Å². The number of fused-ring (bicyclic) bond motifs is 1. The molecule has 1 aromatic carbocycles. The zero-order valence-corrected chi connectivity index (χ0v) is 16.9. The van der Waals surface area contributed by atoms with Crippen molar-refractivity contribution in [1.29, 1.82) is 0 Å². The number of halogens is 1. The number of guanidine groups is 1. The minimum absolute atomic E-state index is 0. The highest BCUT2D eigenvalue weighted by molar-refractivity contribution is 14.0. The van der Waals surface area contributed by atoms with Crippen LogP contribution in [0.5, 0.6) is 11.5 Å². The van der Waals surface area contributed by atoms with Crippen LogP contribution in [0.1, 0.15) is 20.3 Å². The molecule has 0 aromatic heterocycles. The van der Waals surface area contributed by atoms with Gasteiger partial charge < -0.3 is 25.3 Å². The number of anilines is 1. The standard InChI is InChI=1S/C17H25N3O3.HI/c1-17(2)14(11-7-8-23-15(11)17)20-16(18)19-10-5-6-12(21-3)13(9-10)22-4;/h5-6,9,11,14-15H,7-8H2,1-4H3,(H3,18,19,20);1H. The average Bonchev–Trinajstić information content (AvgIpc) is 2.99. The lowest BCUT2D eigenvalue weighted by Crippen LogP contribution is -2.59. The van der Waals surface area contributed by atoms with E-state index in [1.54, 1.807) is 14.2 Å². The number of nitrogens with two attached hydrogens (primary N) is 1. The SMILES string of the molecule is COc1ccc(NC(N)=NC2C3CCOC3C2(C)C)cc1OC.I. The molecule has 1 saturated carbocycles. The lowest BCUT2D eigenvalue weighted by atomic mass is 9.57. The zero-order valence-electron chi connectivity index (χ0n) is 14.5. The fourth-order valence-corrected chi connectivity index (χ4v) is 3.80. The van der Waals surface area contributed by atoms with Gasteiger partial charge in [0.1, 0.15) is 0 Å². The average molecular weight is 447 g/mol. The Morgan fingerprint density at radius 2 is 2.00 bits per heavy atom. The third-order valence-electron chi connectivity index (χ3n) is 4.97. The number of methoxy groups -OCH3 is 2. The minimum atomic E-state index is 0. The van der Waals surface area contributed by atoms with Crippen LogP contribution in [0.3, 0.4) is 0 Å². The maximum Gasteiger partial charge on any atom is 0.193 e. The van der Waals surface area contributed by atoms with Gasteiger partial charge in [0.05, 0.1) is 26.4 Å².